The molecule has 2 aromatic rings. The van der Waals surface area contributed by atoms with E-state index in [2.05, 4.69) is 17.1 Å². The van der Waals surface area contributed by atoms with Crippen LogP contribution in [0.25, 0.3) is 4.96 Å². The van der Waals surface area contributed by atoms with Crippen molar-refractivity contribution in [2.75, 3.05) is 6.54 Å². The zero-order chi connectivity index (χ0) is 13.3. The van der Waals surface area contributed by atoms with Crippen molar-refractivity contribution in [1.29, 1.82) is 0 Å². The Kier molecular flexibility index (Phi) is 3.54. The Balaban J connectivity index is 2.02. The number of aromatic nitrogens is 4. The van der Waals surface area contributed by atoms with E-state index in [1.165, 1.54) is 25.7 Å². The second-order valence-corrected chi connectivity index (χ2v) is 6.43. The highest BCUT2D eigenvalue weighted by atomic mass is 32.1. The first-order chi connectivity index (χ1) is 9.29. The molecule has 0 spiro atoms. The molecule has 1 aliphatic carbocycles. The van der Waals surface area contributed by atoms with Gasteiger partial charge in [-0.15, -0.1) is 10.2 Å². The van der Waals surface area contributed by atoms with Crippen LogP contribution in [0.5, 0.6) is 0 Å². The van der Waals surface area contributed by atoms with E-state index in [0.29, 0.717) is 6.54 Å². The van der Waals surface area contributed by atoms with E-state index in [9.17, 15) is 0 Å². The second-order valence-electron chi connectivity index (χ2n) is 5.47. The van der Waals surface area contributed by atoms with Crippen molar-refractivity contribution < 1.29 is 0 Å². The molecule has 0 bridgehead atoms. The van der Waals surface area contributed by atoms with Gasteiger partial charge >= 0.3 is 0 Å². The molecule has 6 heteroatoms. The summed E-state index contributed by atoms with van der Waals surface area (Å²) in [7, 11) is 0. The number of hydrogen-bond donors (Lipinski definition) is 1. The summed E-state index contributed by atoms with van der Waals surface area (Å²) in [5.41, 5.74) is 6.20. The molecular formula is C13H21N5S. The number of nitrogens with zero attached hydrogens (tertiary/aromatic N) is 4. The van der Waals surface area contributed by atoms with E-state index in [-0.39, 0.29) is 5.41 Å². The molecule has 2 aromatic heterocycles. The van der Waals surface area contributed by atoms with Gasteiger partial charge < -0.3 is 5.73 Å². The lowest BCUT2D eigenvalue weighted by molar-refractivity contribution is 0.375. The summed E-state index contributed by atoms with van der Waals surface area (Å²) in [5, 5.41) is 14.3. The van der Waals surface area contributed by atoms with E-state index in [0.717, 1.165) is 35.1 Å². The highest BCUT2D eigenvalue weighted by molar-refractivity contribution is 7.16. The Morgan fingerprint density at radius 2 is 1.95 bits per heavy atom. The van der Waals surface area contributed by atoms with Crippen molar-refractivity contribution in [1.82, 2.24) is 19.8 Å². The highest BCUT2D eigenvalue weighted by Crippen LogP contribution is 2.39. The second kappa shape index (κ2) is 5.17. The number of aryl methyl sites for hydroxylation is 1. The number of rotatable bonds is 3. The van der Waals surface area contributed by atoms with Gasteiger partial charge in [-0.05, 0) is 12.8 Å². The minimum atomic E-state index is 0.0763. The van der Waals surface area contributed by atoms with Gasteiger partial charge in [0.05, 0.1) is 0 Å². The summed E-state index contributed by atoms with van der Waals surface area (Å²) in [4.78, 5) is 0.906. The Morgan fingerprint density at radius 3 is 2.58 bits per heavy atom. The van der Waals surface area contributed by atoms with Crippen LogP contribution in [0.2, 0.25) is 0 Å². The van der Waals surface area contributed by atoms with Crippen LogP contribution in [-0.4, -0.2) is 26.4 Å². The van der Waals surface area contributed by atoms with Crippen LogP contribution in [0.15, 0.2) is 0 Å². The van der Waals surface area contributed by atoms with E-state index in [1.807, 2.05) is 4.52 Å². The zero-order valence-corrected chi connectivity index (χ0v) is 12.2. The van der Waals surface area contributed by atoms with Crippen LogP contribution in [0.4, 0.5) is 0 Å². The van der Waals surface area contributed by atoms with Crippen LogP contribution < -0.4 is 5.73 Å². The number of nitrogens with two attached hydrogens (primary N) is 1. The Labute approximate surface area is 117 Å². The molecule has 2 N–H and O–H groups in total. The Bertz CT molecular complexity index is 550. The molecular weight excluding hydrogens is 258 g/mol. The van der Waals surface area contributed by atoms with Crippen molar-refractivity contribution >= 4 is 16.3 Å². The van der Waals surface area contributed by atoms with Gasteiger partial charge in [-0.3, -0.25) is 0 Å². The van der Waals surface area contributed by atoms with Crippen LogP contribution in [0.3, 0.4) is 0 Å². The summed E-state index contributed by atoms with van der Waals surface area (Å²) in [6.07, 6.45) is 8.36. The molecule has 0 amide bonds. The third-order valence-corrected chi connectivity index (χ3v) is 5.42. The first kappa shape index (κ1) is 13.0. The summed E-state index contributed by atoms with van der Waals surface area (Å²) >= 11 is 1.67. The molecule has 0 aliphatic heterocycles. The van der Waals surface area contributed by atoms with Crippen LogP contribution in [-0.2, 0) is 11.8 Å². The molecule has 0 saturated heterocycles. The van der Waals surface area contributed by atoms with Gasteiger partial charge in [0.25, 0.3) is 0 Å². The monoisotopic (exact) mass is 279 g/mol. The molecule has 5 nitrogen and oxygen atoms in total. The maximum Gasteiger partial charge on any atom is 0.234 e. The largest absolute Gasteiger partial charge is 0.329 e. The third-order valence-electron chi connectivity index (χ3n) is 4.28. The lowest BCUT2D eigenvalue weighted by Crippen LogP contribution is -2.34. The molecule has 1 fully saturated rings. The maximum absolute atomic E-state index is 6.12. The third kappa shape index (κ3) is 2.17. The van der Waals surface area contributed by atoms with Crippen molar-refractivity contribution in [2.24, 2.45) is 5.73 Å². The molecule has 3 rings (SSSR count). The van der Waals surface area contributed by atoms with E-state index < -0.39 is 0 Å². The van der Waals surface area contributed by atoms with Gasteiger partial charge in [0, 0.05) is 18.4 Å². The molecule has 0 aromatic carbocycles. The van der Waals surface area contributed by atoms with Crippen molar-refractivity contribution in [3.05, 3.63) is 10.8 Å². The predicted octanol–water partition coefficient (Wildman–Crippen LogP) is 2.30. The Morgan fingerprint density at radius 1 is 1.21 bits per heavy atom. The molecule has 1 saturated carbocycles. The van der Waals surface area contributed by atoms with Crippen LogP contribution in [0.1, 0.15) is 56.3 Å². The number of fused-ring (bicyclic) bond motifs is 1. The molecule has 0 unspecified atom stereocenters. The smallest absolute Gasteiger partial charge is 0.234 e. The summed E-state index contributed by atoms with van der Waals surface area (Å²) in [5.74, 6) is 0.943. The maximum atomic E-state index is 6.12. The van der Waals surface area contributed by atoms with Gasteiger partial charge in [0.15, 0.2) is 5.82 Å². The summed E-state index contributed by atoms with van der Waals surface area (Å²) < 4.78 is 1.91. The van der Waals surface area contributed by atoms with Crippen molar-refractivity contribution in [3.63, 3.8) is 0 Å². The average molecular weight is 279 g/mol. The minimum Gasteiger partial charge on any atom is -0.329 e. The predicted molar refractivity (Wildman–Crippen MR) is 76.5 cm³/mol. The lowest BCUT2D eigenvalue weighted by Gasteiger charge is -2.28. The first-order valence-electron chi connectivity index (χ1n) is 7.21. The van der Waals surface area contributed by atoms with Crippen LogP contribution >= 0.6 is 11.3 Å². The fourth-order valence-corrected chi connectivity index (χ4v) is 4.12. The minimum absolute atomic E-state index is 0.0763. The fraction of sp³-hybridized carbons (Fsp3) is 0.769. The molecule has 1 aliphatic rings. The summed E-state index contributed by atoms with van der Waals surface area (Å²) in [6.45, 7) is 2.78. The average Bonchev–Trinajstić information content (AvgIpc) is 2.92. The molecule has 104 valence electrons. The quantitative estimate of drug-likeness (QED) is 0.875. The Hall–Kier alpha value is -1.01. The number of hydrogen-bond acceptors (Lipinski definition) is 5. The van der Waals surface area contributed by atoms with E-state index in [4.69, 9.17) is 10.8 Å². The van der Waals surface area contributed by atoms with Crippen molar-refractivity contribution in [2.45, 2.75) is 57.3 Å². The van der Waals surface area contributed by atoms with Gasteiger partial charge in [0.1, 0.15) is 5.01 Å². The molecule has 0 atom stereocenters. The lowest BCUT2D eigenvalue weighted by atomic mass is 9.81. The van der Waals surface area contributed by atoms with E-state index in [1.54, 1.807) is 11.3 Å². The van der Waals surface area contributed by atoms with Crippen molar-refractivity contribution in [3.8, 4) is 0 Å². The fourth-order valence-electron chi connectivity index (χ4n) is 3.00. The van der Waals surface area contributed by atoms with Gasteiger partial charge in [0.2, 0.25) is 4.96 Å². The van der Waals surface area contributed by atoms with Gasteiger partial charge in [-0.1, -0.05) is 43.9 Å². The molecule has 0 radical (unpaired) electrons. The standard InChI is InChI=1S/C13H21N5S/c1-2-10-15-16-12-18(10)17-11(19-12)13(9-14)7-5-3-4-6-8-13/h2-9,14H2,1H3. The topological polar surface area (TPSA) is 69.1 Å². The normalized spacial score (nSPS) is 19.7. The van der Waals surface area contributed by atoms with Gasteiger partial charge in [-0.25, -0.2) is 0 Å². The molecule has 2 heterocycles. The van der Waals surface area contributed by atoms with Gasteiger partial charge in [-0.2, -0.15) is 9.61 Å². The molecule has 19 heavy (non-hydrogen) atoms. The highest BCUT2D eigenvalue weighted by Gasteiger charge is 2.35. The first-order valence-corrected chi connectivity index (χ1v) is 8.02. The zero-order valence-electron chi connectivity index (χ0n) is 11.4. The summed E-state index contributed by atoms with van der Waals surface area (Å²) in [6, 6.07) is 0. The van der Waals surface area contributed by atoms with E-state index >= 15 is 0 Å². The van der Waals surface area contributed by atoms with Crippen LogP contribution in [0, 0.1) is 0 Å². The SMILES string of the molecule is CCc1nnc2sc(C3(CN)CCCCCC3)nn12.